The maximum Gasteiger partial charge on any atom is 0.247 e. The number of thiophene rings is 1. The van der Waals surface area contributed by atoms with Crippen molar-refractivity contribution < 1.29 is 4.42 Å². The maximum absolute atomic E-state index is 5.78. The van der Waals surface area contributed by atoms with Crippen molar-refractivity contribution in [2.75, 3.05) is 6.54 Å². The Bertz CT molecular complexity index is 735. The molecule has 21 heavy (non-hydrogen) atoms. The highest BCUT2D eigenvalue weighted by atomic mass is 32.1. The van der Waals surface area contributed by atoms with E-state index < -0.39 is 0 Å². The van der Waals surface area contributed by atoms with Crippen LogP contribution in [0, 0.1) is 0 Å². The van der Waals surface area contributed by atoms with Gasteiger partial charge in [0.1, 0.15) is 0 Å². The topological polar surface area (TPSA) is 42.2 Å². The van der Waals surface area contributed by atoms with Gasteiger partial charge in [-0.3, -0.25) is 4.90 Å². The molecule has 0 unspecified atom stereocenters. The van der Waals surface area contributed by atoms with Gasteiger partial charge >= 0.3 is 0 Å². The maximum atomic E-state index is 5.78. The van der Waals surface area contributed by atoms with E-state index in [2.05, 4.69) is 26.5 Å². The van der Waals surface area contributed by atoms with Crippen molar-refractivity contribution in [2.45, 2.75) is 19.5 Å². The van der Waals surface area contributed by atoms with Crippen molar-refractivity contribution in [1.29, 1.82) is 0 Å². The summed E-state index contributed by atoms with van der Waals surface area (Å²) in [6, 6.07) is 12.1. The lowest BCUT2D eigenvalue weighted by atomic mass is 10.1. The summed E-state index contributed by atoms with van der Waals surface area (Å²) >= 11 is 1.83. The summed E-state index contributed by atoms with van der Waals surface area (Å²) in [5.74, 6) is 1.29. The van der Waals surface area contributed by atoms with Crippen LogP contribution in [0.3, 0.4) is 0 Å². The van der Waals surface area contributed by atoms with Crippen LogP contribution in [0.2, 0.25) is 0 Å². The van der Waals surface area contributed by atoms with E-state index in [0.29, 0.717) is 11.8 Å². The zero-order chi connectivity index (χ0) is 14.1. The first-order chi connectivity index (χ1) is 10.4. The van der Waals surface area contributed by atoms with Gasteiger partial charge in [-0.1, -0.05) is 18.2 Å². The van der Waals surface area contributed by atoms with Gasteiger partial charge in [-0.15, -0.1) is 21.5 Å². The van der Waals surface area contributed by atoms with Gasteiger partial charge in [0.05, 0.1) is 6.54 Å². The van der Waals surface area contributed by atoms with Gasteiger partial charge in [-0.05, 0) is 35.6 Å². The van der Waals surface area contributed by atoms with Crippen LogP contribution >= 0.6 is 11.3 Å². The van der Waals surface area contributed by atoms with E-state index in [1.807, 2.05) is 41.7 Å². The van der Waals surface area contributed by atoms with Crippen molar-refractivity contribution in [3.63, 3.8) is 0 Å². The first-order valence-corrected chi connectivity index (χ1v) is 7.92. The normalized spacial score (nSPS) is 15.0. The van der Waals surface area contributed by atoms with Crippen LogP contribution in [0.5, 0.6) is 0 Å². The number of rotatable bonds is 3. The van der Waals surface area contributed by atoms with E-state index in [1.165, 1.54) is 10.4 Å². The van der Waals surface area contributed by atoms with Gasteiger partial charge in [0.15, 0.2) is 0 Å². The molecule has 0 saturated heterocycles. The lowest BCUT2D eigenvalue weighted by Crippen LogP contribution is -2.29. The molecule has 106 valence electrons. The van der Waals surface area contributed by atoms with Gasteiger partial charge in [0.2, 0.25) is 11.8 Å². The molecule has 3 heterocycles. The second kappa shape index (κ2) is 5.42. The van der Waals surface area contributed by atoms with E-state index in [4.69, 9.17) is 4.42 Å². The summed E-state index contributed by atoms with van der Waals surface area (Å²) in [7, 11) is 0. The Morgan fingerprint density at radius 1 is 1.14 bits per heavy atom. The van der Waals surface area contributed by atoms with E-state index in [9.17, 15) is 0 Å². The second-order valence-electron chi connectivity index (χ2n) is 5.20. The van der Waals surface area contributed by atoms with E-state index in [0.717, 1.165) is 31.6 Å². The molecule has 3 aromatic rings. The van der Waals surface area contributed by atoms with Crippen LogP contribution in [0.25, 0.3) is 11.5 Å². The van der Waals surface area contributed by atoms with Crippen LogP contribution in [0.1, 0.15) is 16.3 Å². The molecule has 1 aliphatic heterocycles. The molecule has 0 atom stereocenters. The molecule has 0 amide bonds. The molecule has 4 nitrogen and oxygen atoms in total. The Hall–Kier alpha value is -1.98. The number of benzene rings is 1. The second-order valence-corrected chi connectivity index (χ2v) is 6.20. The van der Waals surface area contributed by atoms with Gasteiger partial charge in [0, 0.05) is 23.5 Å². The molecule has 0 fully saturated rings. The Morgan fingerprint density at radius 3 is 2.95 bits per heavy atom. The molecule has 5 heteroatoms. The average molecular weight is 297 g/mol. The lowest BCUT2D eigenvalue weighted by molar-refractivity contribution is 0.225. The van der Waals surface area contributed by atoms with Crippen LogP contribution in [0.4, 0.5) is 0 Å². The van der Waals surface area contributed by atoms with Crippen molar-refractivity contribution in [2.24, 2.45) is 0 Å². The quantitative estimate of drug-likeness (QED) is 0.743. The highest BCUT2D eigenvalue weighted by Crippen LogP contribution is 2.25. The minimum Gasteiger partial charge on any atom is -0.419 e. The molecule has 0 bridgehead atoms. The average Bonchev–Trinajstić information content (AvgIpc) is 3.17. The minimum absolute atomic E-state index is 0.597. The van der Waals surface area contributed by atoms with E-state index >= 15 is 0 Å². The van der Waals surface area contributed by atoms with Crippen molar-refractivity contribution >= 4 is 11.3 Å². The number of hydrogen-bond acceptors (Lipinski definition) is 5. The van der Waals surface area contributed by atoms with Crippen molar-refractivity contribution in [3.05, 3.63) is 58.1 Å². The van der Waals surface area contributed by atoms with Gasteiger partial charge in [0.25, 0.3) is 0 Å². The summed E-state index contributed by atoms with van der Waals surface area (Å²) in [6.45, 7) is 2.75. The Kier molecular flexibility index (Phi) is 3.29. The predicted molar refractivity (Wildman–Crippen MR) is 81.9 cm³/mol. The summed E-state index contributed by atoms with van der Waals surface area (Å²) in [5.41, 5.74) is 2.46. The first-order valence-electron chi connectivity index (χ1n) is 7.04. The molecule has 4 rings (SSSR count). The van der Waals surface area contributed by atoms with E-state index in [-0.39, 0.29) is 0 Å². The standard InChI is InChI=1S/C16H15N3OS/c1-2-4-13(5-3-1)16-18-17-15(20-16)11-19-8-6-12-7-9-21-14(12)10-19/h1-5,7,9H,6,8,10-11H2. The van der Waals surface area contributed by atoms with Crippen LogP contribution in [-0.4, -0.2) is 21.6 Å². The SMILES string of the molecule is c1ccc(-c2nnc(CN3CCc4ccsc4C3)o2)cc1. The smallest absolute Gasteiger partial charge is 0.247 e. The third-order valence-electron chi connectivity index (χ3n) is 3.75. The van der Waals surface area contributed by atoms with Crippen LogP contribution in [-0.2, 0) is 19.5 Å². The third-order valence-corrected chi connectivity index (χ3v) is 4.70. The molecule has 0 aliphatic carbocycles. The predicted octanol–water partition coefficient (Wildman–Crippen LogP) is 3.36. The molecule has 0 radical (unpaired) electrons. The van der Waals surface area contributed by atoms with Gasteiger partial charge in [-0.25, -0.2) is 0 Å². The van der Waals surface area contributed by atoms with E-state index in [1.54, 1.807) is 0 Å². The largest absolute Gasteiger partial charge is 0.419 e. The zero-order valence-corrected chi connectivity index (χ0v) is 12.3. The molecular formula is C16H15N3OS. The number of fused-ring (bicyclic) bond motifs is 1. The highest BCUT2D eigenvalue weighted by Gasteiger charge is 2.19. The van der Waals surface area contributed by atoms with Crippen LogP contribution < -0.4 is 0 Å². The molecule has 0 N–H and O–H groups in total. The molecule has 0 saturated carbocycles. The highest BCUT2D eigenvalue weighted by molar-refractivity contribution is 7.10. The molecule has 2 aromatic heterocycles. The minimum atomic E-state index is 0.597. The number of hydrogen-bond donors (Lipinski definition) is 0. The summed E-state index contributed by atoms with van der Waals surface area (Å²) < 4.78 is 5.78. The summed E-state index contributed by atoms with van der Waals surface area (Å²) in [6.07, 6.45) is 1.11. The Morgan fingerprint density at radius 2 is 2.05 bits per heavy atom. The first kappa shape index (κ1) is 12.7. The van der Waals surface area contributed by atoms with Crippen LogP contribution in [0.15, 0.2) is 46.2 Å². The third kappa shape index (κ3) is 2.62. The summed E-state index contributed by atoms with van der Waals surface area (Å²) in [4.78, 5) is 3.82. The van der Waals surface area contributed by atoms with Crippen molar-refractivity contribution in [1.82, 2.24) is 15.1 Å². The number of nitrogens with zero attached hydrogens (tertiary/aromatic N) is 3. The Balaban J connectivity index is 1.48. The fourth-order valence-electron chi connectivity index (χ4n) is 2.63. The zero-order valence-electron chi connectivity index (χ0n) is 11.5. The molecule has 1 aliphatic rings. The monoisotopic (exact) mass is 297 g/mol. The summed E-state index contributed by atoms with van der Waals surface area (Å²) in [5, 5.41) is 10.5. The van der Waals surface area contributed by atoms with Gasteiger partial charge < -0.3 is 4.42 Å². The fraction of sp³-hybridized carbons (Fsp3) is 0.250. The molecule has 0 spiro atoms. The van der Waals surface area contributed by atoms with Crippen molar-refractivity contribution in [3.8, 4) is 11.5 Å². The number of aromatic nitrogens is 2. The molecule has 1 aromatic carbocycles. The Labute approximate surface area is 127 Å². The lowest BCUT2D eigenvalue weighted by Gasteiger charge is -2.24. The molecular weight excluding hydrogens is 282 g/mol. The van der Waals surface area contributed by atoms with Gasteiger partial charge in [-0.2, -0.15) is 0 Å². The fourth-order valence-corrected chi connectivity index (χ4v) is 3.61.